The molecule has 0 aliphatic carbocycles. The minimum atomic E-state index is 0.286. The van der Waals surface area contributed by atoms with E-state index in [0.29, 0.717) is 5.15 Å². The fourth-order valence-electron chi connectivity index (χ4n) is 1.54. The van der Waals surface area contributed by atoms with Crippen LogP contribution >= 0.6 is 35.0 Å². The van der Waals surface area contributed by atoms with Crippen molar-refractivity contribution in [2.24, 2.45) is 0 Å². The summed E-state index contributed by atoms with van der Waals surface area (Å²) in [5, 5.41) is 2.15. The van der Waals surface area contributed by atoms with Crippen molar-refractivity contribution in [1.29, 1.82) is 0 Å². The van der Waals surface area contributed by atoms with Crippen LogP contribution in [-0.2, 0) is 0 Å². The van der Waals surface area contributed by atoms with Crippen LogP contribution in [0.2, 0.25) is 10.2 Å². The first-order valence-electron chi connectivity index (χ1n) is 5.51. The van der Waals surface area contributed by atoms with Crippen molar-refractivity contribution in [3.05, 3.63) is 46.3 Å². The smallest absolute Gasteiger partial charge is 0.137 e. The second-order valence-electron chi connectivity index (χ2n) is 4.09. The molecule has 1 heterocycles. The van der Waals surface area contributed by atoms with Gasteiger partial charge in [-0.25, -0.2) is 9.97 Å². The third-order valence-electron chi connectivity index (χ3n) is 2.40. The number of rotatable bonds is 3. The maximum atomic E-state index is 6.13. The van der Waals surface area contributed by atoms with Crippen molar-refractivity contribution in [3.63, 3.8) is 0 Å². The van der Waals surface area contributed by atoms with Crippen LogP contribution in [0.5, 0.6) is 0 Å². The zero-order chi connectivity index (χ0) is 13.1. The fraction of sp³-hybridized carbons (Fsp3) is 0.231. The summed E-state index contributed by atoms with van der Waals surface area (Å²) in [6.45, 7) is 4.16. The third-order valence-corrected chi connectivity index (χ3v) is 3.98. The minimum absolute atomic E-state index is 0.286. The number of aromatic nitrogens is 2. The van der Waals surface area contributed by atoms with E-state index in [4.69, 9.17) is 23.2 Å². The van der Waals surface area contributed by atoms with Crippen molar-refractivity contribution in [1.82, 2.24) is 9.97 Å². The lowest BCUT2D eigenvalue weighted by Gasteiger charge is -2.12. The predicted octanol–water partition coefficient (Wildman–Crippen LogP) is 5.06. The van der Waals surface area contributed by atoms with Crippen LogP contribution in [0, 0.1) is 0 Å². The van der Waals surface area contributed by atoms with E-state index in [0.717, 1.165) is 20.5 Å². The van der Waals surface area contributed by atoms with Gasteiger partial charge in [-0.15, -0.1) is 0 Å². The second kappa shape index (κ2) is 5.91. The van der Waals surface area contributed by atoms with Gasteiger partial charge in [0.25, 0.3) is 0 Å². The van der Waals surface area contributed by atoms with Crippen LogP contribution in [0.1, 0.15) is 25.3 Å². The maximum absolute atomic E-state index is 6.13. The quantitative estimate of drug-likeness (QED) is 0.741. The summed E-state index contributed by atoms with van der Waals surface area (Å²) in [7, 11) is 0. The molecule has 0 aliphatic rings. The third kappa shape index (κ3) is 3.16. The molecule has 5 heteroatoms. The van der Waals surface area contributed by atoms with E-state index in [1.165, 1.54) is 6.33 Å². The van der Waals surface area contributed by atoms with Crippen molar-refractivity contribution >= 4 is 35.0 Å². The molecule has 0 unspecified atom stereocenters. The zero-order valence-corrected chi connectivity index (χ0v) is 12.4. The molecule has 0 saturated carbocycles. The molecular weight excluding hydrogens is 287 g/mol. The van der Waals surface area contributed by atoms with Gasteiger partial charge in [-0.3, -0.25) is 0 Å². The van der Waals surface area contributed by atoms with Crippen molar-refractivity contribution in [2.75, 3.05) is 0 Å². The molecule has 2 rings (SSSR count). The molecule has 0 N–H and O–H groups in total. The first-order chi connectivity index (χ1) is 8.58. The van der Waals surface area contributed by atoms with Gasteiger partial charge in [0.15, 0.2) is 0 Å². The summed E-state index contributed by atoms with van der Waals surface area (Å²) >= 11 is 13.6. The van der Waals surface area contributed by atoms with Gasteiger partial charge in [0, 0.05) is 15.5 Å². The Labute approximate surface area is 121 Å². The first kappa shape index (κ1) is 13.7. The first-order valence-corrected chi connectivity index (χ1v) is 7.09. The summed E-state index contributed by atoms with van der Waals surface area (Å²) in [4.78, 5) is 9.43. The molecule has 0 bridgehead atoms. The minimum Gasteiger partial charge on any atom is -0.229 e. The van der Waals surface area contributed by atoms with E-state index in [2.05, 4.69) is 23.8 Å². The van der Waals surface area contributed by atoms with E-state index >= 15 is 0 Å². The van der Waals surface area contributed by atoms with Crippen LogP contribution in [-0.4, -0.2) is 9.97 Å². The van der Waals surface area contributed by atoms with Gasteiger partial charge in [-0.1, -0.05) is 48.8 Å². The van der Waals surface area contributed by atoms with Gasteiger partial charge in [-0.05, 0) is 30.2 Å². The Kier molecular flexibility index (Phi) is 4.49. The number of hydrogen-bond donors (Lipinski definition) is 0. The summed E-state index contributed by atoms with van der Waals surface area (Å²) in [6.07, 6.45) is 1.49. The van der Waals surface area contributed by atoms with Crippen LogP contribution in [0.4, 0.5) is 0 Å². The standard InChI is InChI=1S/C13H12Cl2N2S/c1-8(2)11-12(15)16-7-17-13(11)18-10-5-3-9(14)4-6-10/h3-8H,1-2H3. The molecule has 94 valence electrons. The molecule has 18 heavy (non-hydrogen) atoms. The molecule has 0 spiro atoms. The Morgan fingerprint density at radius 1 is 1.06 bits per heavy atom. The van der Waals surface area contributed by atoms with E-state index in [9.17, 15) is 0 Å². The molecule has 1 aromatic heterocycles. The molecule has 0 amide bonds. The molecular formula is C13H12Cl2N2S. The van der Waals surface area contributed by atoms with Crippen LogP contribution in [0.3, 0.4) is 0 Å². The van der Waals surface area contributed by atoms with Gasteiger partial charge in [0.1, 0.15) is 16.5 Å². The van der Waals surface area contributed by atoms with Gasteiger partial charge in [-0.2, -0.15) is 0 Å². The van der Waals surface area contributed by atoms with Crippen molar-refractivity contribution in [3.8, 4) is 0 Å². The molecule has 2 nitrogen and oxygen atoms in total. The molecule has 0 fully saturated rings. The van der Waals surface area contributed by atoms with E-state index < -0.39 is 0 Å². The summed E-state index contributed by atoms with van der Waals surface area (Å²) < 4.78 is 0. The normalized spacial score (nSPS) is 10.9. The topological polar surface area (TPSA) is 25.8 Å². The number of halogens is 2. The predicted molar refractivity (Wildman–Crippen MR) is 76.7 cm³/mol. The lowest BCUT2D eigenvalue weighted by atomic mass is 10.1. The highest BCUT2D eigenvalue weighted by atomic mass is 35.5. The molecule has 0 saturated heterocycles. The highest BCUT2D eigenvalue weighted by molar-refractivity contribution is 7.99. The zero-order valence-electron chi connectivity index (χ0n) is 10.0. The average Bonchev–Trinajstić information content (AvgIpc) is 2.32. The average molecular weight is 299 g/mol. The van der Waals surface area contributed by atoms with Crippen LogP contribution < -0.4 is 0 Å². The SMILES string of the molecule is CC(C)c1c(Cl)ncnc1Sc1ccc(Cl)cc1. The highest BCUT2D eigenvalue weighted by Crippen LogP contribution is 2.35. The molecule has 0 atom stereocenters. The Morgan fingerprint density at radius 2 is 1.72 bits per heavy atom. The van der Waals surface area contributed by atoms with Gasteiger partial charge in [0.2, 0.25) is 0 Å². The number of nitrogens with zero attached hydrogens (tertiary/aromatic N) is 2. The van der Waals surface area contributed by atoms with Gasteiger partial charge >= 0.3 is 0 Å². The summed E-state index contributed by atoms with van der Waals surface area (Å²) in [6, 6.07) is 7.66. The Bertz CT molecular complexity index is 541. The fourth-order valence-corrected chi connectivity index (χ4v) is 3.11. The van der Waals surface area contributed by atoms with Gasteiger partial charge < -0.3 is 0 Å². The van der Waals surface area contributed by atoms with Crippen molar-refractivity contribution < 1.29 is 0 Å². The Morgan fingerprint density at radius 3 is 2.33 bits per heavy atom. The molecule has 0 aliphatic heterocycles. The van der Waals surface area contributed by atoms with E-state index in [1.54, 1.807) is 11.8 Å². The molecule has 0 radical (unpaired) electrons. The summed E-state index contributed by atoms with van der Waals surface area (Å²) in [5.74, 6) is 0.286. The Balaban J connectivity index is 2.34. The monoisotopic (exact) mass is 298 g/mol. The largest absolute Gasteiger partial charge is 0.229 e. The maximum Gasteiger partial charge on any atom is 0.137 e. The lowest BCUT2D eigenvalue weighted by Crippen LogP contribution is -1.97. The summed E-state index contributed by atoms with van der Waals surface area (Å²) in [5.41, 5.74) is 0.985. The van der Waals surface area contributed by atoms with Crippen molar-refractivity contribution in [2.45, 2.75) is 29.7 Å². The molecule has 2 aromatic rings. The number of benzene rings is 1. The van der Waals surface area contributed by atoms with Crippen LogP contribution in [0.15, 0.2) is 40.5 Å². The number of hydrogen-bond acceptors (Lipinski definition) is 3. The van der Waals surface area contributed by atoms with E-state index in [1.807, 2.05) is 24.3 Å². The Hall–Kier alpha value is -0.770. The van der Waals surface area contributed by atoms with Crippen LogP contribution in [0.25, 0.3) is 0 Å². The second-order valence-corrected chi connectivity index (χ2v) is 5.95. The molecule has 1 aromatic carbocycles. The van der Waals surface area contributed by atoms with E-state index in [-0.39, 0.29) is 5.92 Å². The van der Waals surface area contributed by atoms with Gasteiger partial charge in [0.05, 0.1) is 0 Å². The lowest BCUT2D eigenvalue weighted by molar-refractivity contribution is 0.803. The highest BCUT2D eigenvalue weighted by Gasteiger charge is 2.14.